The fourth-order valence-electron chi connectivity index (χ4n) is 4.74. The molecule has 0 aliphatic carbocycles. The SMILES string of the molecule is COC(=O)Cc1cccc(C(=O)NCc2cc3nc(-c4cccc(N5C[C@@H](C)O[C@@H](C)C5)n4)ccc3cn2)c1. The molecular formula is C30H31N5O4. The number of hydrogen-bond donors (Lipinski definition) is 1. The molecule has 0 unspecified atom stereocenters. The smallest absolute Gasteiger partial charge is 0.309 e. The van der Waals surface area contributed by atoms with E-state index in [2.05, 4.69) is 29.0 Å². The molecule has 9 nitrogen and oxygen atoms in total. The van der Waals surface area contributed by atoms with Gasteiger partial charge in [0.15, 0.2) is 0 Å². The van der Waals surface area contributed by atoms with Gasteiger partial charge in [-0.25, -0.2) is 9.97 Å². The number of fused-ring (bicyclic) bond motifs is 1. The number of esters is 1. The quantitative estimate of drug-likeness (QED) is 0.362. The molecule has 5 rings (SSSR count). The molecule has 0 spiro atoms. The van der Waals surface area contributed by atoms with Gasteiger partial charge in [0.2, 0.25) is 0 Å². The summed E-state index contributed by atoms with van der Waals surface area (Å²) in [5, 5.41) is 3.80. The third-order valence-electron chi connectivity index (χ3n) is 6.57. The lowest BCUT2D eigenvalue weighted by molar-refractivity contribution is -0.139. The predicted molar refractivity (Wildman–Crippen MR) is 148 cm³/mol. The number of benzene rings is 1. The molecule has 1 amide bonds. The summed E-state index contributed by atoms with van der Waals surface area (Å²) in [6.45, 7) is 5.98. The average molecular weight is 526 g/mol. The summed E-state index contributed by atoms with van der Waals surface area (Å²) in [4.78, 5) is 40.8. The largest absolute Gasteiger partial charge is 0.469 e. The zero-order valence-electron chi connectivity index (χ0n) is 22.3. The molecular weight excluding hydrogens is 494 g/mol. The second-order valence-electron chi connectivity index (χ2n) is 9.74. The first-order valence-corrected chi connectivity index (χ1v) is 13.0. The first kappa shape index (κ1) is 26.2. The number of nitrogens with zero attached hydrogens (tertiary/aromatic N) is 4. The fraction of sp³-hybridized carbons (Fsp3) is 0.300. The molecule has 39 heavy (non-hydrogen) atoms. The van der Waals surface area contributed by atoms with Gasteiger partial charge in [-0.05, 0) is 61.9 Å². The molecule has 1 saturated heterocycles. The van der Waals surface area contributed by atoms with Crippen LogP contribution in [0.4, 0.5) is 5.82 Å². The van der Waals surface area contributed by atoms with E-state index < -0.39 is 0 Å². The Balaban J connectivity index is 1.30. The second kappa shape index (κ2) is 11.6. The molecule has 2 atom stereocenters. The van der Waals surface area contributed by atoms with Crippen LogP contribution < -0.4 is 10.2 Å². The maximum Gasteiger partial charge on any atom is 0.309 e. The second-order valence-corrected chi connectivity index (χ2v) is 9.74. The maximum absolute atomic E-state index is 12.7. The predicted octanol–water partition coefficient (Wildman–Crippen LogP) is 3.95. The van der Waals surface area contributed by atoms with Crippen molar-refractivity contribution in [2.45, 2.75) is 39.0 Å². The van der Waals surface area contributed by atoms with E-state index in [4.69, 9.17) is 19.4 Å². The first-order chi connectivity index (χ1) is 18.9. The standard InChI is InChI=1S/C30H31N5O4/c1-19-17-35(18-20(2)39-19)28-9-5-8-25(34-28)26-11-10-23-15-31-24(14-27(23)33-26)16-32-30(37)22-7-4-6-21(12-22)13-29(36)38-3/h4-12,14-15,19-20H,13,16-18H2,1-3H3,(H,32,37)/t19-,20+. The van der Waals surface area contributed by atoms with Crippen LogP contribution in [0.25, 0.3) is 22.3 Å². The number of nitrogens with one attached hydrogen (secondary N) is 1. The van der Waals surface area contributed by atoms with Crippen molar-refractivity contribution in [3.05, 3.63) is 83.7 Å². The highest BCUT2D eigenvalue weighted by atomic mass is 16.5. The zero-order chi connectivity index (χ0) is 27.4. The molecule has 0 bridgehead atoms. The van der Waals surface area contributed by atoms with Crippen LogP contribution in [-0.4, -0.2) is 59.2 Å². The molecule has 1 N–H and O–H groups in total. The van der Waals surface area contributed by atoms with Gasteiger partial charge in [-0.2, -0.15) is 0 Å². The van der Waals surface area contributed by atoms with Crippen molar-refractivity contribution in [1.82, 2.24) is 20.3 Å². The Hall–Kier alpha value is -4.37. The Kier molecular flexibility index (Phi) is 7.79. The average Bonchev–Trinajstić information content (AvgIpc) is 2.95. The van der Waals surface area contributed by atoms with Crippen LogP contribution in [0, 0.1) is 0 Å². The number of carbonyl (C=O) groups is 2. The Morgan fingerprint density at radius 3 is 2.56 bits per heavy atom. The monoisotopic (exact) mass is 525 g/mol. The molecule has 9 heteroatoms. The van der Waals surface area contributed by atoms with Crippen molar-refractivity contribution in [3.63, 3.8) is 0 Å². The highest BCUT2D eigenvalue weighted by Gasteiger charge is 2.23. The van der Waals surface area contributed by atoms with Crippen LogP contribution >= 0.6 is 0 Å². The molecule has 1 fully saturated rings. The number of rotatable bonds is 7. The third-order valence-corrected chi connectivity index (χ3v) is 6.57. The summed E-state index contributed by atoms with van der Waals surface area (Å²) in [6, 6.07) is 18.7. The summed E-state index contributed by atoms with van der Waals surface area (Å²) in [7, 11) is 1.34. The van der Waals surface area contributed by atoms with E-state index in [-0.39, 0.29) is 37.0 Å². The fourth-order valence-corrected chi connectivity index (χ4v) is 4.74. The first-order valence-electron chi connectivity index (χ1n) is 13.0. The molecule has 4 aromatic rings. The van der Waals surface area contributed by atoms with E-state index in [9.17, 15) is 9.59 Å². The Morgan fingerprint density at radius 2 is 1.77 bits per heavy atom. The van der Waals surface area contributed by atoms with Crippen molar-refractivity contribution in [2.75, 3.05) is 25.1 Å². The topological polar surface area (TPSA) is 107 Å². The van der Waals surface area contributed by atoms with Crippen molar-refractivity contribution in [3.8, 4) is 11.4 Å². The number of ether oxygens (including phenoxy) is 2. The van der Waals surface area contributed by atoms with Crippen LogP contribution in [-0.2, 0) is 27.2 Å². The van der Waals surface area contributed by atoms with Crippen LogP contribution in [0.1, 0.15) is 35.5 Å². The molecule has 0 radical (unpaired) electrons. The van der Waals surface area contributed by atoms with Gasteiger partial charge < -0.3 is 19.7 Å². The Morgan fingerprint density at radius 1 is 1.00 bits per heavy atom. The van der Waals surface area contributed by atoms with Gasteiger partial charge in [0.05, 0.1) is 54.9 Å². The zero-order valence-corrected chi connectivity index (χ0v) is 22.3. The number of methoxy groups -OCH3 is 1. The van der Waals surface area contributed by atoms with Gasteiger partial charge >= 0.3 is 5.97 Å². The van der Waals surface area contributed by atoms with Crippen molar-refractivity contribution >= 4 is 28.6 Å². The lowest BCUT2D eigenvalue weighted by Gasteiger charge is -2.36. The number of pyridine rings is 3. The lowest BCUT2D eigenvalue weighted by Crippen LogP contribution is -2.45. The maximum atomic E-state index is 12.7. The molecule has 0 saturated carbocycles. The van der Waals surface area contributed by atoms with E-state index >= 15 is 0 Å². The Labute approximate surface area is 227 Å². The van der Waals surface area contributed by atoms with E-state index in [0.29, 0.717) is 16.8 Å². The van der Waals surface area contributed by atoms with Gasteiger partial charge in [0.25, 0.3) is 5.91 Å². The van der Waals surface area contributed by atoms with Crippen molar-refractivity contribution < 1.29 is 19.1 Å². The Bertz CT molecular complexity index is 1500. The van der Waals surface area contributed by atoms with E-state index in [0.717, 1.165) is 41.2 Å². The molecule has 1 aliphatic rings. The summed E-state index contributed by atoms with van der Waals surface area (Å²) < 4.78 is 10.6. The summed E-state index contributed by atoms with van der Waals surface area (Å²) >= 11 is 0. The number of morpholine rings is 1. The normalized spacial score (nSPS) is 17.2. The molecule has 1 aromatic carbocycles. The number of aromatic nitrogens is 3. The molecule has 200 valence electrons. The summed E-state index contributed by atoms with van der Waals surface area (Å²) in [6.07, 6.45) is 2.16. The summed E-state index contributed by atoms with van der Waals surface area (Å²) in [5.41, 5.74) is 4.19. The molecule has 4 heterocycles. The number of carbonyl (C=O) groups excluding carboxylic acids is 2. The van der Waals surface area contributed by atoms with Crippen LogP contribution in [0.3, 0.4) is 0 Å². The van der Waals surface area contributed by atoms with Gasteiger partial charge in [0.1, 0.15) is 5.82 Å². The minimum Gasteiger partial charge on any atom is -0.469 e. The summed E-state index contributed by atoms with van der Waals surface area (Å²) in [5.74, 6) is 0.301. The van der Waals surface area contributed by atoms with Gasteiger partial charge in [0, 0.05) is 30.2 Å². The minimum absolute atomic E-state index is 0.111. The molecule has 3 aromatic heterocycles. The number of anilines is 1. The van der Waals surface area contributed by atoms with E-state index in [1.807, 2.05) is 36.4 Å². The van der Waals surface area contributed by atoms with Gasteiger partial charge in [-0.1, -0.05) is 18.2 Å². The van der Waals surface area contributed by atoms with Crippen molar-refractivity contribution in [1.29, 1.82) is 0 Å². The van der Waals surface area contributed by atoms with Crippen LogP contribution in [0.5, 0.6) is 0 Å². The van der Waals surface area contributed by atoms with Gasteiger partial charge in [-0.3, -0.25) is 14.6 Å². The molecule has 1 aliphatic heterocycles. The number of hydrogen-bond acceptors (Lipinski definition) is 8. The van der Waals surface area contributed by atoms with E-state index in [1.54, 1.807) is 30.5 Å². The number of amides is 1. The van der Waals surface area contributed by atoms with Gasteiger partial charge in [-0.15, -0.1) is 0 Å². The third kappa shape index (κ3) is 6.38. The van der Waals surface area contributed by atoms with Crippen molar-refractivity contribution in [2.24, 2.45) is 0 Å². The van der Waals surface area contributed by atoms with E-state index in [1.165, 1.54) is 7.11 Å². The van der Waals surface area contributed by atoms with Crippen LogP contribution in [0.15, 0.2) is 66.9 Å². The minimum atomic E-state index is -0.355. The highest BCUT2D eigenvalue weighted by molar-refractivity contribution is 5.94. The lowest BCUT2D eigenvalue weighted by atomic mass is 10.1. The highest BCUT2D eigenvalue weighted by Crippen LogP contribution is 2.24. The van der Waals surface area contributed by atoms with Crippen LogP contribution in [0.2, 0.25) is 0 Å².